The lowest BCUT2D eigenvalue weighted by atomic mass is 9.81. The summed E-state index contributed by atoms with van der Waals surface area (Å²) in [5.74, 6) is -1.06. The Balaban J connectivity index is 1.71. The van der Waals surface area contributed by atoms with Gasteiger partial charge in [-0.2, -0.15) is 9.57 Å². The van der Waals surface area contributed by atoms with Crippen LogP contribution >= 0.6 is 11.6 Å². The molecule has 0 radical (unpaired) electrons. The van der Waals surface area contributed by atoms with Crippen LogP contribution in [0.2, 0.25) is 5.02 Å². The Morgan fingerprint density at radius 3 is 2.61 bits per heavy atom. The summed E-state index contributed by atoms with van der Waals surface area (Å²) in [5.41, 5.74) is -0.888. The molecule has 10 heteroatoms. The number of sulfonamides is 1. The van der Waals surface area contributed by atoms with Gasteiger partial charge < -0.3 is 9.64 Å². The average molecular weight is 496 g/mol. The van der Waals surface area contributed by atoms with Gasteiger partial charge in [0.1, 0.15) is 10.4 Å². The standard InChI is InChI=1S/C23H30ClN3O5S/c1-17-7-6-12-27(14-17)33(30,31)20-13-18(8-9-19(20)24)22(29)32-15-21(28)26(2)23(16-25)10-4-3-5-11-23/h8-9,13,17H,3-7,10-12,14-15H2,1-2H3. The fourth-order valence-electron chi connectivity index (χ4n) is 4.54. The van der Waals surface area contributed by atoms with Crippen molar-refractivity contribution in [3.8, 4) is 6.07 Å². The normalized spacial score (nSPS) is 21.1. The van der Waals surface area contributed by atoms with Gasteiger partial charge in [0, 0.05) is 20.1 Å². The minimum Gasteiger partial charge on any atom is -0.452 e. The summed E-state index contributed by atoms with van der Waals surface area (Å²) in [4.78, 5) is 26.5. The van der Waals surface area contributed by atoms with E-state index in [1.54, 1.807) is 7.05 Å². The summed E-state index contributed by atoms with van der Waals surface area (Å²) in [6, 6.07) is 6.18. The van der Waals surface area contributed by atoms with Gasteiger partial charge in [0.25, 0.3) is 5.91 Å². The van der Waals surface area contributed by atoms with Crippen LogP contribution in [0.3, 0.4) is 0 Å². The second kappa shape index (κ2) is 10.4. The molecule has 33 heavy (non-hydrogen) atoms. The van der Waals surface area contributed by atoms with E-state index in [1.807, 2.05) is 6.92 Å². The number of piperidine rings is 1. The molecule has 2 aliphatic rings. The highest BCUT2D eigenvalue weighted by Crippen LogP contribution is 2.33. The number of likely N-dealkylation sites (N-methyl/N-ethyl adjacent to an activating group) is 1. The van der Waals surface area contributed by atoms with Crippen molar-refractivity contribution >= 4 is 33.5 Å². The number of carbonyl (C=O) groups is 2. The minimum atomic E-state index is -3.87. The predicted molar refractivity (Wildman–Crippen MR) is 123 cm³/mol. The molecule has 1 aromatic carbocycles. The highest BCUT2D eigenvalue weighted by Gasteiger charge is 2.39. The fourth-order valence-corrected chi connectivity index (χ4v) is 6.64. The lowest BCUT2D eigenvalue weighted by molar-refractivity contribution is -0.138. The van der Waals surface area contributed by atoms with Gasteiger partial charge in [0.05, 0.1) is 16.7 Å². The number of hydrogen-bond acceptors (Lipinski definition) is 6. The van der Waals surface area contributed by atoms with E-state index < -0.39 is 34.0 Å². The van der Waals surface area contributed by atoms with Gasteiger partial charge in [-0.05, 0) is 49.8 Å². The van der Waals surface area contributed by atoms with E-state index in [4.69, 9.17) is 16.3 Å². The van der Waals surface area contributed by atoms with Crippen LogP contribution in [0, 0.1) is 17.2 Å². The first kappa shape index (κ1) is 25.5. The van der Waals surface area contributed by atoms with Gasteiger partial charge >= 0.3 is 5.97 Å². The average Bonchev–Trinajstić information content (AvgIpc) is 2.82. The molecule has 1 saturated carbocycles. The van der Waals surface area contributed by atoms with E-state index in [1.165, 1.54) is 27.4 Å². The lowest BCUT2D eigenvalue weighted by Gasteiger charge is -2.38. The number of rotatable bonds is 6. The Labute approximate surface area is 200 Å². The van der Waals surface area contributed by atoms with Crippen molar-refractivity contribution < 1.29 is 22.7 Å². The maximum absolute atomic E-state index is 13.1. The number of amides is 1. The summed E-state index contributed by atoms with van der Waals surface area (Å²) >= 11 is 6.18. The molecule has 1 saturated heterocycles. The second-order valence-electron chi connectivity index (χ2n) is 8.99. The van der Waals surface area contributed by atoms with Crippen molar-refractivity contribution in [2.24, 2.45) is 5.92 Å². The van der Waals surface area contributed by atoms with Crippen LogP contribution in [0.25, 0.3) is 0 Å². The summed E-state index contributed by atoms with van der Waals surface area (Å²) in [5, 5.41) is 9.67. The zero-order valence-electron chi connectivity index (χ0n) is 19.0. The molecule has 0 spiro atoms. The summed E-state index contributed by atoms with van der Waals surface area (Å²) in [6.07, 6.45) is 5.66. The Bertz CT molecular complexity index is 1050. The number of nitrogens with zero attached hydrogens (tertiary/aromatic N) is 3. The molecule has 1 unspecified atom stereocenters. The van der Waals surface area contributed by atoms with Crippen LogP contribution in [-0.4, -0.2) is 61.8 Å². The molecule has 0 aromatic heterocycles. The van der Waals surface area contributed by atoms with Crippen LogP contribution in [0.5, 0.6) is 0 Å². The van der Waals surface area contributed by atoms with Crippen LogP contribution in [0.1, 0.15) is 62.2 Å². The van der Waals surface area contributed by atoms with Crippen molar-refractivity contribution in [3.63, 3.8) is 0 Å². The van der Waals surface area contributed by atoms with E-state index in [2.05, 4.69) is 6.07 Å². The van der Waals surface area contributed by atoms with Gasteiger partial charge in [0.2, 0.25) is 10.0 Å². The minimum absolute atomic E-state index is 0.00820. The maximum Gasteiger partial charge on any atom is 0.338 e. The first-order valence-corrected chi connectivity index (χ1v) is 13.1. The quantitative estimate of drug-likeness (QED) is 0.558. The molecule has 1 amide bonds. The predicted octanol–water partition coefficient (Wildman–Crippen LogP) is 3.60. The molecular weight excluding hydrogens is 466 g/mol. The Morgan fingerprint density at radius 1 is 1.27 bits per heavy atom. The van der Waals surface area contributed by atoms with Gasteiger partial charge in [0.15, 0.2) is 6.61 Å². The van der Waals surface area contributed by atoms with Gasteiger partial charge in [-0.3, -0.25) is 4.79 Å². The molecule has 1 heterocycles. The highest BCUT2D eigenvalue weighted by molar-refractivity contribution is 7.89. The summed E-state index contributed by atoms with van der Waals surface area (Å²) in [7, 11) is -2.32. The number of benzene rings is 1. The number of esters is 1. The van der Waals surface area contributed by atoms with E-state index in [-0.39, 0.29) is 21.4 Å². The third-order valence-electron chi connectivity index (χ3n) is 6.64. The molecule has 2 fully saturated rings. The zero-order chi connectivity index (χ0) is 24.2. The van der Waals surface area contributed by atoms with Gasteiger partial charge in [-0.1, -0.05) is 37.8 Å². The van der Waals surface area contributed by atoms with Crippen LogP contribution in [0.15, 0.2) is 23.1 Å². The molecule has 8 nitrogen and oxygen atoms in total. The van der Waals surface area contributed by atoms with E-state index >= 15 is 0 Å². The fraction of sp³-hybridized carbons (Fsp3) is 0.609. The third kappa shape index (κ3) is 5.51. The lowest BCUT2D eigenvalue weighted by Crippen LogP contribution is -2.51. The summed E-state index contributed by atoms with van der Waals surface area (Å²) < 4.78 is 32.8. The summed E-state index contributed by atoms with van der Waals surface area (Å²) in [6.45, 7) is 2.26. The van der Waals surface area contributed by atoms with Crippen molar-refractivity contribution in [3.05, 3.63) is 28.8 Å². The number of hydrogen-bond donors (Lipinski definition) is 0. The molecule has 1 aliphatic carbocycles. The largest absolute Gasteiger partial charge is 0.452 e. The number of carbonyl (C=O) groups excluding carboxylic acids is 2. The van der Waals surface area contributed by atoms with Gasteiger partial charge in [-0.15, -0.1) is 0 Å². The molecule has 1 aromatic rings. The SMILES string of the molecule is CC1CCCN(S(=O)(=O)c2cc(C(=O)OCC(=O)N(C)C3(C#N)CCCCC3)ccc2Cl)C1. The molecular formula is C23H30ClN3O5S. The Hall–Kier alpha value is -2.15. The molecule has 0 bridgehead atoms. The zero-order valence-corrected chi connectivity index (χ0v) is 20.6. The van der Waals surface area contributed by atoms with Crippen molar-refractivity contribution in [2.75, 3.05) is 26.7 Å². The number of halogens is 1. The van der Waals surface area contributed by atoms with Crippen LogP contribution in [-0.2, 0) is 19.6 Å². The monoisotopic (exact) mass is 495 g/mol. The topological polar surface area (TPSA) is 108 Å². The van der Waals surface area contributed by atoms with Crippen molar-refractivity contribution in [1.82, 2.24) is 9.21 Å². The molecule has 3 rings (SSSR count). The smallest absolute Gasteiger partial charge is 0.338 e. The third-order valence-corrected chi connectivity index (χ3v) is 8.98. The first-order valence-electron chi connectivity index (χ1n) is 11.3. The van der Waals surface area contributed by atoms with E-state index in [0.29, 0.717) is 25.9 Å². The first-order chi connectivity index (χ1) is 15.6. The van der Waals surface area contributed by atoms with E-state index in [0.717, 1.165) is 32.1 Å². The van der Waals surface area contributed by atoms with E-state index in [9.17, 15) is 23.3 Å². The maximum atomic E-state index is 13.1. The molecule has 0 N–H and O–H groups in total. The van der Waals surface area contributed by atoms with Crippen LogP contribution in [0.4, 0.5) is 0 Å². The highest BCUT2D eigenvalue weighted by atomic mass is 35.5. The Kier molecular flexibility index (Phi) is 8.04. The molecule has 180 valence electrons. The number of ether oxygens (including phenoxy) is 1. The van der Waals surface area contributed by atoms with Crippen LogP contribution < -0.4 is 0 Å². The second-order valence-corrected chi connectivity index (χ2v) is 11.3. The van der Waals surface area contributed by atoms with Crippen molar-refractivity contribution in [1.29, 1.82) is 5.26 Å². The molecule has 1 atom stereocenters. The van der Waals surface area contributed by atoms with Crippen molar-refractivity contribution in [2.45, 2.75) is 62.3 Å². The van der Waals surface area contributed by atoms with Gasteiger partial charge in [-0.25, -0.2) is 13.2 Å². The number of nitriles is 1. The Morgan fingerprint density at radius 2 is 1.97 bits per heavy atom. The molecule has 1 aliphatic heterocycles.